The molecular weight excluding hydrogens is 425 g/mol. The van der Waals surface area contributed by atoms with Crippen LogP contribution in [0.25, 0.3) is 0 Å². The Kier molecular flexibility index (Phi) is 6.79. The zero-order valence-electron chi connectivity index (χ0n) is 18.4. The second-order valence-corrected chi connectivity index (χ2v) is 8.16. The molecule has 9 heteroatoms. The number of ether oxygens (including phenoxy) is 1. The largest absolute Gasteiger partial charge is 0.466 e. The first-order chi connectivity index (χ1) is 15.9. The van der Waals surface area contributed by atoms with E-state index in [0.29, 0.717) is 38.3 Å². The van der Waals surface area contributed by atoms with Gasteiger partial charge in [-0.15, -0.1) is 10.2 Å². The Morgan fingerprint density at radius 2 is 1.91 bits per heavy atom. The molecule has 172 valence electrons. The van der Waals surface area contributed by atoms with Crippen molar-refractivity contribution in [3.05, 3.63) is 77.9 Å². The minimum atomic E-state index is -0.965. The predicted octanol–water partition coefficient (Wildman–Crippen LogP) is 2.54. The van der Waals surface area contributed by atoms with Crippen molar-refractivity contribution < 1.29 is 19.0 Å². The van der Waals surface area contributed by atoms with Gasteiger partial charge in [-0.3, -0.25) is 9.78 Å². The van der Waals surface area contributed by atoms with Crippen molar-refractivity contribution in [2.24, 2.45) is 0 Å². The number of hydrogen-bond acceptors (Lipinski definition) is 7. The van der Waals surface area contributed by atoms with Crippen LogP contribution in [-0.4, -0.2) is 57.8 Å². The molecule has 1 aliphatic rings. The molecule has 1 N–H and O–H groups in total. The Hall–Kier alpha value is -3.59. The van der Waals surface area contributed by atoms with Crippen LogP contribution in [-0.2, 0) is 16.9 Å². The Bertz CT molecular complexity index is 1060. The van der Waals surface area contributed by atoms with Gasteiger partial charge < -0.3 is 19.6 Å². The summed E-state index contributed by atoms with van der Waals surface area (Å²) in [6.07, 6.45) is 4.22. The van der Waals surface area contributed by atoms with Gasteiger partial charge in [-0.1, -0.05) is 18.2 Å². The Labute approximate surface area is 191 Å². The van der Waals surface area contributed by atoms with Crippen LogP contribution in [0, 0.1) is 5.82 Å². The molecule has 33 heavy (non-hydrogen) atoms. The van der Waals surface area contributed by atoms with E-state index < -0.39 is 5.60 Å². The summed E-state index contributed by atoms with van der Waals surface area (Å²) in [6.45, 7) is 1.28. The number of nitrogens with zero attached hydrogens (tertiary/aromatic N) is 5. The predicted molar refractivity (Wildman–Crippen MR) is 120 cm³/mol. The van der Waals surface area contributed by atoms with Crippen molar-refractivity contribution >= 4 is 11.7 Å². The number of hydrogen-bond donors (Lipinski definition) is 1. The highest BCUT2D eigenvalue weighted by Gasteiger charge is 2.35. The number of amides is 1. The average Bonchev–Trinajstić information content (AvgIpc) is 2.85. The lowest BCUT2D eigenvalue weighted by atomic mass is 9.85. The Morgan fingerprint density at radius 3 is 2.55 bits per heavy atom. The number of likely N-dealkylation sites (tertiary alicyclic amines) is 1. The molecule has 1 saturated heterocycles. The van der Waals surface area contributed by atoms with Gasteiger partial charge in [0.05, 0.1) is 5.60 Å². The van der Waals surface area contributed by atoms with Crippen LogP contribution in [0.2, 0.25) is 0 Å². The average molecular weight is 452 g/mol. The molecule has 0 unspecified atom stereocenters. The lowest BCUT2D eigenvalue weighted by Crippen LogP contribution is -2.46. The first-order valence-corrected chi connectivity index (χ1v) is 10.8. The quantitative estimate of drug-likeness (QED) is 0.590. The number of pyridine rings is 1. The lowest BCUT2D eigenvalue weighted by molar-refractivity contribution is -0.138. The second-order valence-electron chi connectivity index (χ2n) is 8.16. The molecule has 0 atom stereocenters. The molecule has 0 spiro atoms. The third kappa shape index (κ3) is 5.61. The van der Waals surface area contributed by atoms with E-state index in [0.717, 1.165) is 11.1 Å². The van der Waals surface area contributed by atoms with E-state index in [9.17, 15) is 14.3 Å². The lowest BCUT2D eigenvalue weighted by Gasteiger charge is -2.38. The van der Waals surface area contributed by atoms with Crippen LogP contribution in [0.4, 0.5) is 10.2 Å². The van der Waals surface area contributed by atoms with Gasteiger partial charge >= 0.3 is 0 Å². The molecule has 2 aromatic heterocycles. The van der Waals surface area contributed by atoms with Crippen molar-refractivity contribution in [2.75, 3.05) is 31.6 Å². The summed E-state index contributed by atoms with van der Waals surface area (Å²) in [5.74, 6) is 0.448. The summed E-state index contributed by atoms with van der Waals surface area (Å²) in [5, 5.41) is 19.1. The fourth-order valence-electron chi connectivity index (χ4n) is 3.82. The molecule has 0 aliphatic carbocycles. The molecule has 4 rings (SSSR count). The normalized spacial score (nSPS) is 15.2. The van der Waals surface area contributed by atoms with Crippen molar-refractivity contribution in [1.29, 1.82) is 0 Å². The molecule has 1 aliphatic heterocycles. The molecule has 0 saturated carbocycles. The highest BCUT2D eigenvalue weighted by atomic mass is 19.1. The van der Waals surface area contributed by atoms with Crippen molar-refractivity contribution in [3.8, 4) is 5.88 Å². The summed E-state index contributed by atoms with van der Waals surface area (Å²) in [5.41, 5.74) is 0.754. The third-order valence-electron chi connectivity index (χ3n) is 5.84. The van der Waals surface area contributed by atoms with Gasteiger partial charge in [-0.05, 0) is 42.7 Å². The highest BCUT2D eigenvalue weighted by Crippen LogP contribution is 2.32. The first kappa shape index (κ1) is 22.6. The smallest absolute Gasteiger partial charge is 0.260 e. The molecule has 1 fully saturated rings. The van der Waals surface area contributed by atoms with Crippen LogP contribution in [0.5, 0.6) is 5.88 Å². The van der Waals surface area contributed by atoms with Gasteiger partial charge in [-0.25, -0.2) is 4.39 Å². The van der Waals surface area contributed by atoms with E-state index in [1.165, 1.54) is 12.1 Å². The van der Waals surface area contributed by atoms with Gasteiger partial charge in [0.15, 0.2) is 12.4 Å². The summed E-state index contributed by atoms with van der Waals surface area (Å²) >= 11 is 0. The van der Waals surface area contributed by atoms with E-state index in [1.807, 2.05) is 18.0 Å². The first-order valence-electron chi connectivity index (χ1n) is 10.8. The third-order valence-corrected chi connectivity index (χ3v) is 5.84. The molecule has 1 amide bonds. The van der Waals surface area contributed by atoms with E-state index in [4.69, 9.17) is 4.74 Å². The highest BCUT2D eigenvalue weighted by molar-refractivity contribution is 5.77. The maximum absolute atomic E-state index is 13.1. The fraction of sp³-hybridized carbons (Fsp3) is 0.333. The molecular formula is C24H26FN5O3. The molecule has 3 heterocycles. The van der Waals surface area contributed by atoms with Crippen LogP contribution in [0.3, 0.4) is 0 Å². The number of aromatic nitrogens is 3. The number of rotatable bonds is 7. The monoisotopic (exact) mass is 451 g/mol. The van der Waals surface area contributed by atoms with Crippen LogP contribution in [0.15, 0.2) is 60.9 Å². The zero-order valence-corrected chi connectivity index (χ0v) is 18.4. The van der Waals surface area contributed by atoms with Crippen molar-refractivity contribution in [3.63, 3.8) is 0 Å². The molecule has 8 nitrogen and oxygen atoms in total. The Balaban J connectivity index is 1.25. The van der Waals surface area contributed by atoms with Gasteiger partial charge in [0, 0.05) is 50.7 Å². The fourth-order valence-corrected chi connectivity index (χ4v) is 3.82. The SMILES string of the molecule is CN(Cc1ccc(F)cc1)c1ccc(OCC(=O)N2CCC(O)(c3cccnc3)CC2)nn1. The van der Waals surface area contributed by atoms with Gasteiger partial charge in [0.2, 0.25) is 5.88 Å². The Morgan fingerprint density at radius 1 is 1.15 bits per heavy atom. The minimum absolute atomic E-state index is 0.148. The summed E-state index contributed by atoms with van der Waals surface area (Å²) < 4.78 is 18.6. The standard InChI is InChI=1S/C24H26FN5O3/c1-29(16-18-4-6-20(25)7-5-18)21-8-9-22(28-27-21)33-17-23(31)30-13-10-24(32,11-14-30)19-3-2-12-26-15-19/h2-9,12,15,32H,10-11,13-14,16-17H2,1H3. The number of carbonyl (C=O) groups excluding carboxylic acids is 1. The van der Waals surface area contributed by atoms with E-state index in [2.05, 4.69) is 15.2 Å². The van der Waals surface area contributed by atoms with Gasteiger partial charge in [0.1, 0.15) is 5.82 Å². The van der Waals surface area contributed by atoms with Crippen LogP contribution < -0.4 is 9.64 Å². The number of halogens is 1. The van der Waals surface area contributed by atoms with Crippen LogP contribution >= 0.6 is 0 Å². The zero-order chi connectivity index (χ0) is 23.3. The number of piperidine rings is 1. The number of benzene rings is 1. The van der Waals surface area contributed by atoms with Crippen LogP contribution in [0.1, 0.15) is 24.0 Å². The summed E-state index contributed by atoms with van der Waals surface area (Å²) in [7, 11) is 1.86. The van der Waals surface area contributed by atoms with Crippen molar-refractivity contribution in [1.82, 2.24) is 20.1 Å². The van der Waals surface area contributed by atoms with Crippen molar-refractivity contribution in [2.45, 2.75) is 25.0 Å². The van der Waals surface area contributed by atoms with E-state index >= 15 is 0 Å². The van der Waals surface area contributed by atoms with Gasteiger partial charge in [-0.2, -0.15) is 0 Å². The van der Waals surface area contributed by atoms with E-state index in [-0.39, 0.29) is 24.2 Å². The minimum Gasteiger partial charge on any atom is -0.466 e. The molecule has 3 aromatic rings. The summed E-state index contributed by atoms with van der Waals surface area (Å²) in [4.78, 5) is 20.2. The molecule has 1 aromatic carbocycles. The number of aliphatic hydroxyl groups is 1. The summed E-state index contributed by atoms with van der Waals surface area (Å²) in [6, 6.07) is 13.4. The molecule has 0 bridgehead atoms. The maximum atomic E-state index is 13.1. The number of carbonyl (C=O) groups is 1. The molecule has 0 radical (unpaired) electrons. The topological polar surface area (TPSA) is 91.7 Å². The van der Waals surface area contributed by atoms with Gasteiger partial charge in [0.25, 0.3) is 5.91 Å². The number of anilines is 1. The van der Waals surface area contributed by atoms with E-state index in [1.54, 1.807) is 47.6 Å². The maximum Gasteiger partial charge on any atom is 0.260 e. The second kappa shape index (κ2) is 9.91.